The highest BCUT2D eigenvalue weighted by Gasteiger charge is 2.25. The van der Waals surface area contributed by atoms with Gasteiger partial charge in [0.1, 0.15) is 0 Å². The number of benzene rings is 2. The number of aromatic nitrogens is 3. The first-order chi connectivity index (χ1) is 14.4. The third-order valence-electron chi connectivity index (χ3n) is 4.83. The van der Waals surface area contributed by atoms with Crippen LogP contribution in [0.1, 0.15) is 16.1 Å². The van der Waals surface area contributed by atoms with E-state index in [1.807, 2.05) is 69.6 Å². The quantitative estimate of drug-likeness (QED) is 0.396. The van der Waals surface area contributed by atoms with Crippen LogP contribution in [0.4, 0.5) is 5.13 Å². The van der Waals surface area contributed by atoms with E-state index in [2.05, 4.69) is 25.9 Å². The highest BCUT2D eigenvalue weighted by atomic mass is 79.9. The van der Waals surface area contributed by atoms with Gasteiger partial charge in [0.15, 0.2) is 5.13 Å². The fourth-order valence-corrected chi connectivity index (χ4v) is 4.72. The Morgan fingerprint density at radius 1 is 1.13 bits per heavy atom. The summed E-state index contributed by atoms with van der Waals surface area (Å²) in [5.74, 6) is -0.0883. The van der Waals surface area contributed by atoms with Gasteiger partial charge in [0.05, 0.1) is 33.4 Å². The van der Waals surface area contributed by atoms with E-state index in [1.165, 1.54) is 11.3 Å². The second-order valence-corrected chi connectivity index (χ2v) is 9.18. The predicted octanol–water partition coefficient (Wildman–Crippen LogP) is 4.76. The number of hydrogen-bond donors (Lipinski definition) is 0. The van der Waals surface area contributed by atoms with E-state index in [0.29, 0.717) is 17.2 Å². The molecule has 4 rings (SSSR count). The first-order valence-electron chi connectivity index (χ1n) is 9.57. The second-order valence-electron chi connectivity index (χ2n) is 7.26. The zero-order valence-corrected chi connectivity index (χ0v) is 19.4. The van der Waals surface area contributed by atoms with Crippen LogP contribution in [0.25, 0.3) is 15.9 Å². The third-order valence-corrected chi connectivity index (χ3v) is 6.36. The summed E-state index contributed by atoms with van der Waals surface area (Å²) in [6, 6.07) is 15.8. The average Bonchev–Trinajstić information content (AvgIpc) is 3.31. The zero-order valence-electron chi connectivity index (χ0n) is 17.0. The minimum absolute atomic E-state index is 0.0883. The number of amides is 1. The number of fused-ring (bicyclic) bond motifs is 1. The molecule has 0 aliphatic rings. The SMILES string of the molecule is Cc1c(C(=O)N(CCN(C)C)c2nc3ccc(Br)cc3s2)cnn1-c1ccccc1. The molecule has 0 aliphatic heterocycles. The fourth-order valence-electron chi connectivity index (χ4n) is 3.18. The molecule has 1 amide bonds. The van der Waals surface area contributed by atoms with Crippen LogP contribution in [0.2, 0.25) is 0 Å². The van der Waals surface area contributed by atoms with Crippen molar-refractivity contribution in [3.8, 4) is 5.69 Å². The van der Waals surface area contributed by atoms with E-state index in [4.69, 9.17) is 4.98 Å². The van der Waals surface area contributed by atoms with Crippen LogP contribution >= 0.6 is 27.3 Å². The molecule has 0 spiro atoms. The highest BCUT2D eigenvalue weighted by Crippen LogP contribution is 2.32. The molecule has 154 valence electrons. The van der Waals surface area contributed by atoms with Gasteiger partial charge >= 0.3 is 0 Å². The van der Waals surface area contributed by atoms with Crippen molar-refractivity contribution in [3.63, 3.8) is 0 Å². The van der Waals surface area contributed by atoms with Gasteiger partial charge in [0.2, 0.25) is 0 Å². The Kier molecular flexibility index (Phi) is 5.99. The van der Waals surface area contributed by atoms with E-state index in [9.17, 15) is 4.79 Å². The molecule has 4 aromatic rings. The van der Waals surface area contributed by atoms with E-state index in [-0.39, 0.29) is 5.91 Å². The molecular weight excluding hydrogens is 462 g/mol. The molecule has 0 N–H and O–H groups in total. The Bertz CT molecular complexity index is 1180. The van der Waals surface area contributed by atoms with Crippen molar-refractivity contribution in [2.75, 3.05) is 32.1 Å². The molecule has 2 heterocycles. The van der Waals surface area contributed by atoms with Crippen LogP contribution < -0.4 is 4.90 Å². The average molecular weight is 484 g/mol. The Labute approximate surface area is 187 Å². The molecule has 6 nitrogen and oxygen atoms in total. The molecule has 0 atom stereocenters. The number of carbonyl (C=O) groups is 1. The van der Waals surface area contributed by atoms with Gasteiger partial charge in [-0.25, -0.2) is 9.67 Å². The first-order valence-corrected chi connectivity index (χ1v) is 11.2. The molecule has 0 bridgehead atoms. The Balaban J connectivity index is 1.72. The minimum atomic E-state index is -0.0883. The van der Waals surface area contributed by atoms with Crippen molar-refractivity contribution in [3.05, 3.63) is 70.5 Å². The molecule has 2 aromatic heterocycles. The van der Waals surface area contributed by atoms with E-state index in [1.54, 1.807) is 15.8 Å². The van der Waals surface area contributed by atoms with Crippen molar-refractivity contribution in [1.29, 1.82) is 0 Å². The van der Waals surface area contributed by atoms with Crippen molar-refractivity contribution >= 4 is 48.5 Å². The molecule has 0 fully saturated rings. The summed E-state index contributed by atoms with van der Waals surface area (Å²) in [6.45, 7) is 3.20. The lowest BCUT2D eigenvalue weighted by atomic mass is 10.2. The van der Waals surface area contributed by atoms with Crippen LogP contribution in [0.15, 0.2) is 59.2 Å². The number of carbonyl (C=O) groups excluding carboxylic acids is 1. The summed E-state index contributed by atoms with van der Waals surface area (Å²) in [5.41, 5.74) is 3.21. The lowest BCUT2D eigenvalue weighted by Gasteiger charge is -2.21. The van der Waals surface area contributed by atoms with Crippen molar-refractivity contribution in [2.24, 2.45) is 0 Å². The number of likely N-dealkylation sites (N-methyl/N-ethyl adjacent to an activating group) is 1. The Hall–Kier alpha value is -2.55. The van der Waals surface area contributed by atoms with E-state index < -0.39 is 0 Å². The van der Waals surface area contributed by atoms with Gasteiger partial charge in [0.25, 0.3) is 5.91 Å². The Morgan fingerprint density at radius 3 is 2.63 bits per heavy atom. The molecule has 30 heavy (non-hydrogen) atoms. The largest absolute Gasteiger partial charge is 0.308 e. The highest BCUT2D eigenvalue weighted by molar-refractivity contribution is 9.10. The maximum atomic E-state index is 13.6. The zero-order chi connectivity index (χ0) is 21.3. The summed E-state index contributed by atoms with van der Waals surface area (Å²) in [5, 5.41) is 5.16. The minimum Gasteiger partial charge on any atom is -0.308 e. The summed E-state index contributed by atoms with van der Waals surface area (Å²) in [4.78, 5) is 22.1. The molecule has 0 unspecified atom stereocenters. The van der Waals surface area contributed by atoms with Crippen LogP contribution in [0, 0.1) is 6.92 Å². The maximum absolute atomic E-state index is 13.6. The van der Waals surface area contributed by atoms with E-state index >= 15 is 0 Å². The third kappa shape index (κ3) is 4.16. The van der Waals surface area contributed by atoms with Crippen molar-refractivity contribution < 1.29 is 4.79 Å². The standard InChI is InChI=1S/C22H22BrN5OS/c1-15-18(14-24-28(15)17-7-5-4-6-8-17)21(29)27(12-11-26(2)3)22-25-19-10-9-16(23)13-20(19)30-22/h4-10,13-14H,11-12H2,1-3H3. The van der Waals surface area contributed by atoms with Crippen LogP contribution in [0.3, 0.4) is 0 Å². The molecule has 8 heteroatoms. The summed E-state index contributed by atoms with van der Waals surface area (Å²) < 4.78 is 3.84. The molecule has 0 radical (unpaired) electrons. The maximum Gasteiger partial charge on any atom is 0.263 e. The van der Waals surface area contributed by atoms with Gasteiger partial charge < -0.3 is 4.90 Å². The molecular formula is C22H22BrN5OS. The van der Waals surface area contributed by atoms with Gasteiger partial charge in [0, 0.05) is 17.6 Å². The second kappa shape index (κ2) is 8.67. The lowest BCUT2D eigenvalue weighted by Crippen LogP contribution is -2.37. The number of para-hydroxylation sites is 1. The number of hydrogen-bond acceptors (Lipinski definition) is 5. The normalized spacial score (nSPS) is 11.4. The van der Waals surface area contributed by atoms with Crippen molar-refractivity contribution in [2.45, 2.75) is 6.92 Å². The number of thiazole rings is 1. The molecule has 0 saturated carbocycles. The summed E-state index contributed by atoms with van der Waals surface area (Å²) >= 11 is 5.03. The van der Waals surface area contributed by atoms with Gasteiger partial charge in [-0.15, -0.1) is 0 Å². The van der Waals surface area contributed by atoms with Crippen molar-refractivity contribution in [1.82, 2.24) is 19.7 Å². The smallest absolute Gasteiger partial charge is 0.263 e. The van der Waals surface area contributed by atoms with Gasteiger partial charge in [-0.05, 0) is 51.4 Å². The number of rotatable bonds is 6. The van der Waals surface area contributed by atoms with Gasteiger partial charge in [-0.3, -0.25) is 9.69 Å². The predicted molar refractivity (Wildman–Crippen MR) is 126 cm³/mol. The lowest BCUT2D eigenvalue weighted by molar-refractivity contribution is 0.0984. The summed E-state index contributed by atoms with van der Waals surface area (Å²) in [7, 11) is 3.99. The molecule has 0 aliphatic carbocycles. The van der Waals surface area contributed by atoms with Crippen LogP contribution in [-0.2, 0) is 0 Å². The van der Waals surface area contributed by atoms with Crippen LogP contribution in [-0.4, -0.2) is 52.8 Å². The monoisotopic (exact) mass is 483 g/mol. The summed E-state index contributed by atoms with van der Waals surface area (Å²) in [6.07, 6.45) is 1.65. The molecule has 2 aromatic carbocycles. The fraction of sp³-hybridized carbons (Fsp3) is 0.227. The Morgan fingerprint density at radius 2 is 1.90 bits per heavy atom. The number of halogens is 1. The number of nitrogens with zero attached hydrogens (tertiary/aromatic N) is 5. The van der Waals surface area contributed by atoms with Gasteiger partial charge in [-0.1, -0.05) is 45.5 Å². The molecule has 0 saturated heterocycles. The topological polar surface area (TPSA) is 54.3 Å². The number of anilines is 1. The first kappa shape index (κ1) is 20.7. The van der Waals surface area contributed by atoms with Gasteiger partial charge in [-0.2, -0.15) is 5.10 Å². The van der Waals surface area contributed by atoms with Crippen LogP contribution in [0.5, 0.6) is 0 Å². The van der Waals surface area contributed by atoms with E-state index in [0.717, 1.165) is 32.6 Å².